The van der Waals surface area contributed by atoms with Gasteiger partial charge in [0.25, 0.3) is 0 Å². The summed E-state index contributed by atoms with van der Waals surface area (Å²) in [5, 5.41) is 12.0. The van der Waals surface area contributed by atoms with E-state index in [1.807, 2.05) is 32.0 Å². The Bertz CT molecular complexity index is 533. The lowest BCUT2D eigenvalue weighted by Gasteiger charge is -2.24. The fourth-order valence-electron chi connectivity index (χ4n) is 2.60. The Kier molecular flexibility index (Phi) is 4.89. The van der Waals surface area contributed by atoms with Crippen LogP contribution in [0, 0.1) is 10.8 Å². The minimum absolute atomic E-state index is 0.0481. The number of benzene rings is 1. The van der Waals surface area contributed by atoms with Crippen molar-refractivity contribution in [2.75, 3.05) is 6.54 Å². The third-order valence-corrected chi connectivity index (χ3v) is 4.62. The van der Waals surface area contributed by atoms with E-state index in [4.69, 9.17) is 5.11 Å². The molecule has 0 aromatic heterocycles. The van der Waals surface area contributed by atoms with Gasteiger partial charge < -0.3 is 10.4 Å². The number of aliphatic carboxylic acids is 1. The number of hydrogen-bond acceptors (Lipinski definition) is 2. The number of carboxylic acid groups (broad SMARTS) is 1. The summed E-state index contributed by atoms with van der Waals surface area (Å²) in [5.41, 5.74) is 0.112. The predicted molar refractivity (Wildman–Crippen MR) is 85.5 cm³/mol. The molecule has 4 nitrogen and oxygen atoms in total. The number of carbonyl (C=O) groups excluding carboxylic acids is 1. The largest absolute Gasteiger partial charge is 0.481 e. The Hall–Kier alpha value is -1.84. The molecule has 1 aromatic rings. The first kappa shape index (κ1) is 16.5. The zero-order chi connectivity index (χ0) is 16.2. The van der Waals surface area contributed by atoms with Crippen LogP contribution < -0.4 is 5.32 Å². The molecule has 2 rings (SSSR count). The average molecular weight is 303 g/mol. The summed E-state index contributed by atoms with van der Waals surface area (Å²) in [6, 6.07) is 10.2. The van der Waals surface area contributed by atoms with E-state index in [1.165, 1.54) is 5.56 Å². The van der Waals surface area contributed by atoms with Gasteiger partial charge >= 0.3 is 5.97 Å². The maximum atomic E-state index is 12.3. The molecule has 1 aliphatic carbocycles. The summed E-state index contributed by atoms with van der Waals surface area (Å²) >= 11 is 0. The van der Waals surface area contributed by atoms with Crippen molar-refractivity contribution in [2.45, 2.75) is 46.0 Å². The molecular formula is C18H25NO3. The number of aryl methyl sites for hydroxylation is 1. The van der Waals surface area contributed by atoms with Crippen molar-refractivity contribution in [1.29, 1.82) is 0 Å². The molecule has 120 valence electrons. The molecule has 0 radical (unpaired) electrons. The fraction of sp³-hybridized carbons (Fsp3) is 0.556. The number of carbonyl (C=O) groups is 2. The molecule has 1 aromatic carbocycles. The highest BCUT2D eigenvalue weighted by atomic mass is 16.4. The van der Waals surface area contributed by atoms with Gasteiger partial charge in [0.2, 0.25) is 5.91 Å². The van der Waals surface area contributed by atoms with E-state index in [1.54, 1.807) is 0 Å². The van der Waals surface area contributed by atoms with Crippen LogP contribution >= 0.6 is 0 Å². The normalized spacial score (nSPS) is 16.1. The number of amides is 1. The van der Waals surface area contributed by atoms with Crippen molar-refractivity contribution in [3.05, 3.63) is 35.9 Å². The van der Waals surface area contributed by atoms with E-state index in [0.29, 0.717) is 12.8 Å². The third kappa shape index (κ3) is 4.09. The first-order chi connectivity index (χ1) is 10.4. The minimum atomic E-state index is -0.797. The van der Waals surface area contributed by atoms with Gasteiger partial charge in [-0.15, -0.1) is 0 Å². The van der Waals surface area contributed by atoms with Gasteiger partial charge in [0.15, 0.2) is 0 Å². The smallest absolute Gasteiger partial charge is 0.311 e. The molecule has 0 saturated heterocycles. The molecule has 0 spiro atoms. The Labute approximate surface area is 131 Å². The molecule has 0 aliphatic heterocycles. The molecule has 1 saturated carbocycles. The molecule has 0 atom stereocenters. The number of nitrogens with one attached hydrogen (secondary N) is 1. The van der Waals surface area contributed by atoms with E-state index in [9.17, 15) is 9.59 Å². The summed E-state index contributed by atoms with van der Waals surface area (Å²) in [6.45, 7) is 4.10. The molecule has 4 heteroatoms. The Morgan fingerprint density at radius 2 is 1.86 bits per heavy atom. The van der Waals surface area contributed by atoms with Gasteiger partial charge in [0.1, 0.15) is 0 Å². The van der Waals surface area contributed by atoms with Gasteiger partial charge in [-0.3, -0.25) is 9.59 Å². The van der Waals surface area contributed by atoms with E-state index >= 15 is 0 Å². The maximum absolute atomic E-state index is 12.3. The second kappa shape index (κ2) is 6.51. The van der Waals surface area contributed by atoms with Crippen molar-refractivity contribution in [2.24, 2.45) is 10.8 Å². The molecule has 1 amide bonds. The van der Waals surface area contributed by atoms with Crippen LogP contribution in [0.15, 0.2) is 30.3 Å². The zero-order valence-corrected chi connectivity index (χ0v) is 13.4. The summed E-state index contributed by atoms with van der Waals surface area (Å²) < 4.78 is 0. The van der Waals surface area contributed by atoms with Gasteiger partial charge in [0, 0.05) is 12.0 Å². The van der Waals surface area contributed by atoms with Gasteiger partial charge in [-0.1, -0.05) is 44.2 Å². The summed E-state index contributed by atoms with van der Waals surface area (Å²) in [5.74, 6) is -0.845. The van der Waals surface area contributed by atoms with Crippen molar-refractivity contribution in [3.8, 4) is 0 Å². The van der Waals surface area contributed by atoms with Crippen LogP contribution in [0.3, 0.4) is 0 Å². The van der Waals surface area contributed by atoms with Crippen LogP contribution in [0.25, 0.3) is 0 Å². The highest BCUT2D eigenvalue weighted by molar-refractivity contribution is 5.83. The van der Waals surface area contributed by atoms with Crippen LogP contribution in [0.5, 0.6) is 0 Å². The van der Waals surface area contributed by atoms with Gasteiger partial charge in [-0.2, -0.15) is 0 Å². The monoisotopic (exact) mass is 303 g/mol. The second-order valence-electron chi connectivity index (χ2n) is 6.99. The average Bonchev–Trinajstić information content (AvgIpc) is 3.27. The maximum Gasteiger partial charge on any atom is 0.311 e. The van der Waals surface area contributed by atoms with Crippen molar-refractivity contribution < 1.29 is 14.7 Å². The molecule has 22 heavy (non-hydrogen) atoms. The van der Waals surface area contributed by atoms with Gasteiger partial charge in [0.05, 0.1) is 5.41 Å². The highest BCUT2D eigenvalue weighted by Gasteiger charge is 2.50. The summed E-state index contributed by atoms with van der Waals surface area (Å²) in [7, 11) is 0. The fourth-order valence-corrected chi connectivity index (χ4v) is 2.60. The Morgan fingerprint density at radius 1 is 1.23 bits per heavy atom. The Morgan fingerprint density at radius 3 is 2.41 bits per heavy atom. The molecule has 0 heterocycles. The zero-order valence-electron chi connectivity index (χ0n) is 13.4. The third-order valence-electron chi connectivity index (χ3n) is 4.62. The topological polar surface area (TPSA) is 66.4 Å². The molecular weight excluding hydrogens is 278 g/mol. The van der Waals surface area contributed by atoms with Crippen LogP contribution in [0.2, 0.25) is 0 Å². The standard InChI is InChI=1S/C18H25NO3/c1-17(2,10-6-9-14-7-4-3-5-8-14)15(20)19-13-18(11-12-18)16(21)22/h3-5,7-8H,6,9-13H2,1-2H3,(H,19,20)(H,21,22). The summed E-state index contributed by atoms with van der Waals surface area (Å²) in [4.78, 5) is 23.4. The number of carboxylic acids is 1. The van der Waals surface area contributed by atoms with Crippen molar-refractivity contribution in [3.63, 3.8) is 0 Å². The molecule has 0 unspecified atom stereocenters. The quantitative estimate of drug-likeness (QED) is 0.776. The predicted octanol–water partition coefficient (Wildman–Crippen LogP) is 3.02. The van der Waals surface area contributed by atoms with Crippen LogP contribution in [0.4, 0.5) is 0 Å². The lowest BCUT2D eigenvalue weighted by Crippen LogP contribution is -2.41. The first-order valence-electron chi connectivity index (χ1n) is 7.91. The van der Waals surface area contributed by atoms with E-state index in [-0.39, 0.29) is 12.5 Å². The van der Waals surface area contributed by atoms with E-state index in [0.717, 1.165) is 19.3 Å². The lowest BCUT2D eigenvalue weighted by atomic mass is 9.85. The SMILES string of the molecule is CC(C)(CCCc1ccccc1)C(=O)NCC1(C(=O)O)CC1. The number of rotatable bonds is 8. The molecule has 0 bridgehead atoms. The van der Waals surface area contributed by atoms with Crippen molar-refractivity contribution >= 4 is 11.9 Å². The van der Waals surface area contributed by atoms with E-state index < -0.39 is 16.8 Å². The number of hydrogen-bond donors (Lipinski definition) is 2. The first-order valence-corrected chi connectivity index (χ1v) is 7.91. The molecule has 1 fully saturated rings. The van der Waals surface area contributed by atoms with E-state index in [2.05, 4.69) is 17.4 Å². The van der Waals surface area contributed by atoms with Crippen molar-refractivity contribution in [1.82, 2.24) is 5.32 Å². The molecule has 1 aliphatic rings. The van der Waals surface area contributed by atoms with Gasteiger partial charge in [-0.25, -0.2) is 0 Å². The van der Waals surface area contributed by atoms with Crippen LogP contribution in [-0.2, 0) is 16.0 Å². The highest BCUT2D eigenvalue weighted by Crippen LogP contribution is 2.45. The second-order valence-corrected chi connectivity index (χ2v) is 6.99. The van der Waals surface area contributed by atoms with Crippen LogP contribution in [0.1, 0.15) is 45.1 Å². The lowest BCUT2D eigenvalue weighted by molar-refractivity contribution is -0.143. The molecule has 2 N–H and O–H groups in total. The van der Waals surface area contributed by atoms with Crippen LogP contribution in [-0.4, -0.2) is 23.5 Å². The summed E-state index contributed by atoms with van der Waals surface area (Å²) in [6.07, 6.45) is 4.01. The Balaban J connectivity index is 1.77. The van der Waals surface area contributed by atoms with Gasteiger partial charge in [-0.05, 0) is 37.7 Å². The minimum Gasteiger partial charge on any atom is -0.481 e.